The number of anilines is 1. The average molecular weight is 239 g/mol. The standard InChI is InChI=1S/C14H13N3O/c1-10-3-4-11(9-15)7-13(10)18-12-5-6-17-14(8-12)16-2/h3-8H,1-2H3,(H,16,17). The maximum absolute atomic E-state index is 8.88. The first-order valence-electron chi connectivity index (χ1n) is 5.55. The fraction of sp³-hybridized carbons (Fsp3) is 0.143. The fourth-order valence-corrected chi connectivity index (χ4v) is 1.52. The number of pyridine rings is 1. The van der Waals surface area contributed by atoms with Gasteiger partial charge in [-0.2, -0.15) is 5.26 Å². The van der Waals surface area contributed by atoms with Crippen molar-refractivity contribution in [3.63, 3.8) is 0 Å². The van der Waals surface area contributed by atoms with E-state index in [4.69, 9.17) is 10.00 Å². The number of nitriles is 1. The molecule has 0 bridgehead atoms. The maximum atomic E-state index is 8.88. The van der Waals surface area contributed by atoms with E-state index < -0.39 is 0 Å². The number of hydrogen-bond acceptors (Lipinski definition) is 4. The van der Waals surface area contributed by atoms with Gasteiger partial charge in [0.2, 0.25) is 0 Å². The van der Waals surface area contributed by atoms with E-state index in [1.54, 1.807) is 37.5 Å². The van der Waals surface area contributed by atoms with Crippen LogP contribution in [0.15, 0.2) is 36.5 Å². The van der Waals surface area contributed by atoms with Crippen molar-refractivity contribution in [1.82, 2.24) is 4.98 Å². The van der Waals surface area contributed by atoms with Crippen molar-refractivity contribution in [3.05, 3.63) is 47.7 Å². The Morgan fingerprint density at radius 1 is 1.28 bits per heavy atom. The molecule has 0 saturated heterocycles. The summed E-state index contributed by atoms with van der Waals surface area (Å²) in [5.74, 6) is 2.11. The quantitative estimate of drug-likeness (QED) is 0.894. The van der Waals surface area contributed by atoms with Gasteiger partial charge < -0.3 is 10.1 Å². The zero-order valence-corrected chi connectivity index (χ0v) is 10.3. The van der Waals surface area contributed by atoms with Crippen LogP contribution in [0.5, 0.6) is 11.5 Å². The molecular formula is C14H13N3O. The minimum absolute atomic E-state index is 0.582. The van der Waals surface area contributed by atoms with Gasteiger partial charge in [-0.1, -0.05) is 6.07 Å². The van der Waals surface area contributed by atoms with Crippen molar-refractivity contribution in [2.45, 2.75) is 6.92 Å². The number of nitrogens with one attached hydrogen (secondary N) is 1. The first-order valence-corrected chi connectivity index (χ1v) is 5.55. The molecule has 0 saturated carbocycles. The van der Waals surface area contributed by atoms with Crippen LogP contribution >= 0.6 is 0 Å². The number of hydrogen-bond donors (Lipinski definition) is 1. The summed E-state index contributed by atoms with van der Waals surface area (Å²) >= 11 is 0. The molecule has 2 aromatic rings. The van der Waals surface area contributed by atoms with Crippen molar-refractivity contribution in [3.8, 4) is 17.6 Å². The van der Waals surface area contributed by atoms with E-state index in [9.17, 15) is 0 Å². The van der Waals surface area contributed by atoms with Crippen LogP contribution in [0.25, 0.3) is 0 Å². The lowest BCUT2D eigenvalue weighted by atomic mass is 10.1. The van der Waals surface area contributed by atoms with Crippen LogP contribution in [0.4, 0.5) is 5.82 Å². The van der Waals surface area contributed by atoms with Gasteiger partial charge in [0.05, 0.1) is 11.6 Å². The number of aryl methyl sites for hydroxylation is 1. The Morgan fingerprint density at radius 2 is 2.11 bits per heavy atom. The lowest BCUT2D eigenvalue weighted by molar-refractivity contribution is 0.478. The average Bonchev–Trinajstić information content (AvgIpc) is 2.41. The topological polar surface area (TPSA) is 57.9 Å². The molecule has 0 unspecified atom stereocenters. The van der Waals surface area contributed by atoms with E-state index in [0.717, 1.165) is 11.4 Å². The number of ether oxygens (including phenoxy) is 1. The normalized spacial score (nSPS) is 9.61. The highest BCUT2D eigenvalue weighted by atomic mass is 16.5. The molecule has 0 aliphatic rings. The minimum atomic E-state index is 0.582. The van der Waals surface area contributed by atoms with E-state index in [2.05, 4.69) is 16.4 Å². The highest BCUT2D eigenvalue weighted by Crippen LogP contribution is 2.26. The Bertz CT molecular complexity index is 602. The second-order valence-electron chi connectivity index (χ2n) is 3.82. The maximum Gasteiger partial charge on any atom is 0.132 e. The van der Waals surface area contributed by atoms with Gasteiger partial charge in [0.1, 0.15) is 17.3 Å². The van der Waals surface area contributed by atoms with Gasteiger partial charge in [0.15, 0.2) is 0 Å². The first-order chi connectivity index (χ1) is 8.72. The second-order valence-corrected chi connectivity index (χ2v) is 3.82. The first kappa shape index (κ1) is 11.9. The highest BCUT2D eigenvalue weighted by Gasteiger charge is 2.04. The molecular weight excluding hydrogens is 226 g/mol. The largest absolute Gasteiger partial charge is 0.457 e. The van der Waals surface area contributed by atoms with E-state index in [1.165, 1.54) is 0 Å². The number of benzene rings is 1. The Hall–Kier alpha value is -2.54. The third-order valence-corrected chi connectivity index (χ3v) is 2.53. The number of rotatable bonds is 3. The Morgan fingerprint density at radius 3 is 2.83 bits per heavy atom. The van der Waals surface area contributed by atoms with Gasteiger partial charge in [0.25, 0.3) is 0 Å². The molecule has 1 aromatic carbocycles. The van der Waals surface area contributed by atoms with Gasteiger partial charge in [-0.25, -0.2) is 4.98 Å². The van der Waals surface area contributed by atoms with Gasteiger partial charge in [-0.05, 0) is 30.7 Å². The summed E-state index contributed by atoms with van der Waals surface area (Å²) in [4.78, 5) is 4.11. The molecule has 4 heteroatoms. The lowest BCUT2D eigenvalue weighted by Gasteiger charge is -2.09. The third-order valence-electron chi connectivity index (χ3n) is 2.53. The highest BCUT2D eigenvalue weighted by molar-refractivity contribution is 5.46. The minimum Gasteiger partial charge on any atom is -0.457 e. The Balaban J connectivity index is 2.30. The van der Waals surface area contributed by atoms with E-state index in [1.807, 2.05) is 13.0 Å². The zero-order chi connectivity index (χ0) is 13.0. The molecule has 1 aromatic heterocycles. The zero-order valence-electron chi connectivity index (χ0n) is 10.3. The van der Waals surface area contributed by atoms with Crippen LogP contribution in [-0.4, -0.2) is 12.0 Å². The van der Waals surface area contributed by atoms with Gasteiger partial charge in [0, 0.05) is 19.3 Å². The van der Waals surface area contributed by atoms with Gasteiger partial charge in [-0.15, -0.1) is 0 Å². The number of aromatic nitrogens is 1. The molecule has 0 amide bonds. The summed E-state index contributed by atoms with van der Waals surface area (Å²) in [6.45, 7) is 1.94. The predicted octanol–water partition coefficient (Wildman–Crippen LogP) is 3.10. The SMILES string of the molecule is CNc1cc(Oc2cc(C#N)ccc2C)ccn1. The lowest BCUT2D eigenvalue weighted by Crippen LogP contribution is -1.93. The smallest absolute Gasteiger partial charge is 0.132 e. The van der Waals surface area contributed by atoms with Crippen molar-refractivity contribution in [1.29, 1.82) is 5.26 Å². The summed E-state index contributed by atoms with van der Waals surface area (Å²) in [6, 6.07) is 11.1. The molecule has 4 nitrogen and oxygen atoms in total. The predicted molar refractivity (Wildman–Crippen MR) is 69.8 cm³/mol. The second kappa shape index (κ2) is 5.19. The van der Waals surface area contributed by atoms with E-state index >= 15 is 0 Å². The molecule has 1 N–H and O–H groups in total. The van der Waals surface area contributed by atoms with Crippen LogP contribution in [0, 0.1) is 18.3 Å². The van der Waals surface area contributed by atoms with Crippen molar-refractivity contribution in [2.24, 2.45) is 0 Å². The van der Waals surface area contributed by atoms with Crippen molar-refractivity contribution in [2.75, 3.05) is 12.4 Å². The Kier molecular flexibility index (Phi) is 3.44. The molecule has 0 fully saturated rings. The summed E-state index contributed by atoms with van der Waals surface area (Å²) < 4.78 is 5.76. The van der Waals surface area contributed by atoms with Crippen molar-refractivity contribution >= 4 is 5.82 Å². The van der Waals surface area contributed by atoms with Crippen LogP contribution < -0.4 is 10.1 Å². The summed E-state index contributed by atoms with van der Waals surface area (Å²) in [5, 5.41) is 11.8. The van der Waals surface area contributed by atoms with Crippen LogP contribution in [0.2, 0.25) is 0 Å². The van der Waals surface area contributed by atoms with Gasteiger partial charge in [-0.3, -0.25) is 0 Å². The summed E-state index contributed by atoms with van der Waals surface area (Å²) in [5.41, 5.74) is 1.57. The molecule has 0 aliphatic carbocycles. The third kappa shape index (κ3) is 2.58. The molecule has 0 spiro atoms. The van der Waals surface area contributed by atoms with Gasteiger partial charge >= 0.3 is 0 Å². The number of nitrogens with zero attached hydrogens (tertiary/aromatic N) is 2. The molecule has 1 heterocycles. The molecule has 2 rings (SSSR count). The molecule has 18 heavy (non-hydrogen) atoms. The van der Waals surface area contributed by atoms with Crippen molar-refractivity contribution < 1.29 is 4.74 Å². The van der Waals surface area contributed by atoms with Crippen LogP contribution in [0.3, 0.4) is 0 Å². The summed E-state index contributed by atoms with van der Waals surface area (Å²) in [6.07, 6.45) is 1.67. The molecule has 0 radical (unpaired) electrons. The monoisotopic (exact) mass is 239 g/mol. The summed E-state index contributed by atoms with van der Waals surface area (Å²) in [7, 11) is 1.80. The van der Waals surface area contributed by atoms with E-state index in [-0.39, 0.29) is 0 Å². The molecule has 0 aliphatic heterocycles. The van der Waals surface area contributed by atoms with Crippen LogP contribution in [-0.2, 0) is 0 Å². The van der Waals surface area contributed by atoms with E-state index in [0.29, 0.717) is 17.1 Å². The molecule has 90 valence electrons. The fourth-order valence-electron chi connectivity index (χ4n) is 1.52. The van der Waals surface area contributed by atoms with Crippen LogP contribution in [0.1, 0.15) is 11.1 Å². The Labute approximate surface area is 106 Å². The molecule has 0 atom stereocenters.